The van der Waals surface area contributed by atoms with Gasteiger partial charge in [-0.05, 0) is 116 Å². The van der Waals surface area contributed by atoms with Crippen LogP contribution in [0.15, 0.2) is 132 Å². The van der Waals surface area contributed by atoms with E-state index in [4.69, 9.17) is 4.74 Å². The SMILES string of the molecule is C[C@@H](CC[C@H](O)c1ccc(O)c2[nH]c(=O)ccc12)Cc1cccc(CCNC(=O)Cc2ccc(N(C)C(=O)CCCN3CCC(OC(=O)Nc4ccccc4-c4ccccc4)CC3)cc2)c1. The van der Waals surface area contributed by atoms with Crippen LogP contribution in [0.3, 0.4) is 0 Å². The Hall–Kier alpha value is -6.76. The topological polar surface area (TPSA) is 164 Å². The zero-order valence-corrected chi connectivity index (χ0v) is 37.9. The molecule has 1 saturated heterocycles. The lowest BCUT2D eigenvalue weighted by Gasteiger charge is -2.31. The Balaban J connectivity index is 0.762. The van der Waals surface area contributed by atoms with Crippen LogP contribution in [-0.2, 0) is 33.6 Å². The number of para-hydroxylation sites is 1. The maximum atomic E-state index is 13.1. The lowest BCUT2D eigenvalue weighted by Crippen LogP contribution is -2.39. The Kier molecular flexibility index (Phi) is 16.4. The summed E-state index contributed by atoms with van der Waals surface area (Å²) >= 11 is 0. The van der Waals surface area contributed by atoms with E-state index in [1.54, 1.807) is 24.1 Å². The van der Waals surface area contributed by atoms with Crippen LogP contribution in [0.25, 0.3) is 22.0 Å². The number of carbonyl (C=O) groups is 3. The molecule has 0 bridgehead atoms. The molecule has 0 unspecified atom stereocenters. The Morgan fingerprint density at radius 3 is 2.38 bits per heavy atom. The second-order valence-electron chi connectivity index (χ2n) is 17.5. The lowest BCUT2D eigenvalue weighted by molar-refractivity contribution is -0.120. The number of phenols is 1. The Morgan fingerprint density at radius 2 is 1.59 bits per heavy atom. The number of rotatable bonds is 19. The first-order valence-corrected chi connectivity index (χ1v) is 23.1. The van der Waals surface area contributed by atoms with E-state index in [2.05, 4.69) is 45.6 Å². The summed E-state index contributed by atoms with van der Waals surface area (Å²) in [6.45, 7) is 5.07. The Labute approximate surface area is 386 Å². The van der Waals surface area contributed by atoms with Crippen molar-refractivity contribution in [1.82, 2.24) is 15.2 Å². The molecule has 3 amide bonds. The molecule has 7 rings (SSSR count). The summed E-state index contributed by atoms with van der Waals surface area (Å²) in [5.74, 6) is 0.251. The molecule has 2 atom stereocenters. The number of aromatic amines is 1. The number of hydrogen-bond donors (Lipinski definition) is 5. The summed E-state index contributed by atoms with van der Waals surface area (Å²) in [5, 5.41) is 27.8. The number of ether oxygens (including phenoxy) is 1. The average molecular weight is 892 g/mol. The number of nitrogens with one attached hydrogen (secondary N) is 3. The van der Waals surface area contributed by atoms with Gasteiger partial charge in [0.05, 0.1) is 23.7 Å². The molecule has 6 aromatic rings. The molecule has 5 aromatic carbocycles. The van der Waals surface area contributed by atoms with Crippen LogP contribution in [0.5, 0.6) is 5.75 Å². The number of nitrogens with zero attached hydrogens (tertiary/aromatic N) is 2. The Bertz CT molecular complexity index is 2620. The quantitative estimate of drug-likeness (QED) is 0.0538. The van der Waals surface area contributed by atoms with Crippen molar-refractivity contribution in [2.45, 2.75) is 76.9 Å². The smallest absolute Gasteiger partial charge is 0.411 e. The predicted molar refractivity (Wildman–Crippen MR) is 261 cm³/mol. The van der Waals surface area contributed by atoms with Crippen molar-refractivity contribution in [3.05, 3.63) is 160 Å². The minimum atomic E-state index is -0.732. The number of amides is 3. The number of hydrogen-bond acceptors (Lipinski definition) is 8. The number of aliphatic hydroxyl groups excluding tert-OH is 1. The van der Waals surface area contributed by atoms with E-state index in [1.807, 2.05) is 84.9 Å². The molecule has 1 fully saturated rings. The summed E-state index contributed by atoms with van der Waals surface area (Å²) in [4.78, 5) is 57.2. The Morgan fingerprint density at radius 1 is 0.848 bits per heavy atom. The maximum absolute atomic E-state index is 13.1. The number of carbonyl (C=O) groups excluding carboxylic acids is 3. The highest BCUT2D eigenvalue weighted by molar-refractivity contribution is 5.93. The van der Waals surface area contributed by atoms with Crippen molar-refractivity contribution in [3.8, 4) is 16.9 Å². The molecule has 2 heterocycles. The molecule has 12 nitrogen and oxygen atoms in total. The highest BCUT2D eigenvalue weighted by Crippen LogP contribution is 2.32. The number of aromatic hydroxyl groups is 1. The summed E-state index contributed by atoms with van der Waals surface area (Å²) in [7, 11) is 1.78. The van der Waals surface area contributed by atoms with Crippen LogP contribution in [0.4, 0.5) is 16.2 Å². The number of fused-ring (bicyclic) bond motifs is 1. The number of anilines is 2. The number of likely N-dealkylation sites (tertiary alicyclic amines) is 1. The third-order valence-electron chi connectivity index (χ3n) is 12.5. The van der Waals surface area contributed by atoms with Crippen molar-refractivity contribution in [2.24, 2.45) is 5.92 Å². The second-order valence-corrected chi connectivity index (χ2v) is 17.5. The van der Waals surface area contributed by atoms with Crippen molar-refractivity contribution >= 4 is 40.2 Å². The van der Waals surface area contributed by atoms with E-state index in [1.165, 1.54) is 17.7 Å². The normalized spacial score (nSPS) is 14.0. The van der Waals surface area contributed by atoms with Crippen LogP contribution in [0.2, 0.25) is 0 Å². The fraction of sp³-hybridized carbons (Fsp3) is 0.333. The fourth-order valence-electron chi connectivity index (χ4n) is 8.76. The van der Waals surface area contributed by atoms with Gasteiger partial charge in [0.2, 0.25) is 17.4 Å². The van der Waals surface area contributed by atoms with Crippen LogP contribution < -0.4 is 21.1 Å². The summed E-state index contributed by atoms with van der Waals surface area (Å²) in [6.07, 6.45) is 4.41. The number of H-pyrrole nitrogens is 1. The van der Waals surface area contributed by atoms with E-state index in [0.717, 1.165) is 79.7 Å². The second kappa shape index (κ2) is 22.9. The van der Waals surface area contributed by atoms with Gasteiger partial charge in [-0.3, -0.25) is 19.7 Å². The van der Waals surface area contributed by atoms with Gasteiger partial charge < -0.3 is 35.1 Å². The molecule has 1 aliphatic heterocycles. The molecule has 1 aliphatic rings. The molecular weight excluding hydrogens is 831 g/mol. The average Bonchev–Trinajstić information content (AvgIpc) is 3.32. The summed E-state index contributed by atoms with van der Waals surface area (Å²) in [6, 6.07) is 39.8. The highest BCUT2D eigenvalue weighted by atomic mass is 16.6. The molecule has 5 N–H and O–H groups in total. The first-order chi connectivity index (χ1) is 32.0. The van der Waals surface area contributed by atoms with Gasteiger partial charge in [0, 0.05) is 55.8 Å². The molecule has 12 heteroatoms. The first-order valence-electron chi connectivity index (χ1n) is 23.1. The monoisotopic (exact) mass is 891 g/mol. The number of benzene rings is 5. The number of pyridine rings is 1. The largest absolute Gasteiger partial charge is 0.506 e. The predicted octanol–water partition coefficient (Wildman–Crippen LogP) is 8.95. The number of piperidine rings is 1. The van der Waals surface area contributed by atoms with Crippen molar-refractivity contribution in [2.75, 3.05) is 43.4 Å². The van der Waals surface area contributed by atoms with Crippen LogP contribution in [0.1, 0.15) is 73.8 Å². The van der Waals surface area contributed by atoms with E-state index in [0.29, 0.717) is 53.9 Å². The zero-order valence-electron chi connectivity index (χ0n) is 37.9. The van der Waals surface area contributed by atoms with Gasteiger partial charge in [0.25, 0.3) is 0 Å². The number of phenolic OH excluding ortho intramolecular Hbond substituents is 1. The first kappa shape index (κ1) is 47.2. The van der Waals surface area contributed by atoms with Crippen LogP contribution in [-0.4, -0.2) is 77.3 Å². The van der Waals surface area contributed by atoms with E-state index < -0.39 is 12.2 Å². The molecule has 66 heavy (non-hydrogen) atoms. The fourth-order valence-corrected chi connectivity index (χ4v) is 8.76. The van der Waals surface area contributed by atoms with Gasteiger partial charge in [0.1, 0.15) is 11.9 Å². The zero-order chi connectivity index (χ0) is 46.4. The standard InChI is InChI=1S/C54H61N5O7/c1-37(17-24-48(60)45-22-25-49(61)53-46(45)23-26-50(62)57-53)34-40-11-8-10-38(35-40)27-30-55-51(63)36-39-18-20-42(21-19-39)58(2)52(64)16-9-31-59-32-28-43(29-33-59)66-54(65)56-47-15-7-6-14-44(47)41-12-4-3-5-13-41/h3-8,10-15,18-23,25-26,35,37,43,48,60-61H,9,16-17,24,27-34,36H2,1-2H3,(H,55,63)(H,56,65)(H,57,62)/t37-,48-/m0/s1. The summed E-state index contributed by atoms with van der Waals surface area (Å²) in [5.41, 5.74) is 7.36. The van der Waals surface area contributed by atoms with E-state index in [-0.39, 0.29) is 35.6 Å². The van der Waals surface area contributed by atoms with Crippen LogP contribution >= 0.6 is 0 Å². The van der Waals surface area contributed by atoms with Crippen molar-refractivity contribution in [3.63, 3.8) is 0 Å². The molecule has 1 aromatic heterocycles. The van der Waals surface area contributed by atoms with Gasteiger partial charge in [-0.1, -0.05) is 97.9 Å². The van der Waals surface area contributed by atoms with Gasteiger partial charge in [-0.2, -0.15) is 0 Å². The molecule has 0 saturated carbocycles. The molecule has 344 valence electrons. The van der Waals surface area contributed by atoms with Crippen LogP contribution in [0, 0.1) is 5.92 Å². The van der Waals surface area contributed by atoms with Crippen molar-refractivity contribution in [1.29, 1.82) is 0 Å². The molecule has 0 radical (unpaired) electrons. The maximum Gasteiger partial charge on any atom is 0.411 e. The minimum absolute atomic E-state index is 0.0248. The van der Waals surface area contributed by atoms with Gasteiger partial charge in [0.15, 0.2) is 0 Å². The lowest BCUT2D eigenvalue weighted by atomic mass is 9.91. The van der Waals surface area contributed by atoms with Gasteiger partial charge in [-0.25, -0.2) is 4.79 Å². The van der Waals surface area contributed by atoms with E-state index in [9.17, 15) is 29.4 Å². The third kappa shape index (κ3) is 13.2. The molecule has 0 aliphatic carbocycles. The molecular formula is C54H61N5O7. The van der Waals surface area contributed by atoms with E-state index >= 15 is 0 Å². The number of aliphatic hydroxyl groups is 1. The number of aromatic nitrogens is 1. The highest BCUT2D eigenvalue weighted by Gasteiger charge is 2.23. The third-order valence-corrected chi connectivity index (χ3v) is 12.5. The van der Waals surface area contributed by atoms with Crippen molar-refractivity contribution < 1.29 is 29.3 Å². The van der Waals surface area contributed by atoms with Gasteiger partial charge >= 0.3 is 6.09 Å². The molecule has 0 spiro atoms. The van der Waals surface area contributed by atoms with Gasteiger partial charge in [-0.15, -0.1) is 0 Å². The minimum Gasteiger partial charge on any atom is -0.506 e. The summed E-state index contributed by atoms with van der Waals surface area (Å²) < 4.78 is 5.79.